The van der Waals surface area contributed by atoms with E-state index in [1.165, 1.54) is 16.7 Å². The van der Waals surface area contributed by atoms with Crippen molar-refractivity contribution in [3.63, 3.8) is 0 Å². The zero-order chi connectivity index (χ0) is 15.6. The number of aliphatic imine (C=N–C) groups is 1. The van der Waals surface area contributed by atoms with E-state index in [1.807, 2.05) is 25.2 Å². The van der Waals surface area contributed by atoms with Gasteiger partial charge in [0.2, 0.25) is 0 Å². The van der Waals surface area contributed by atoms with E-state index in [4.69, 9.17) is 4.74 Å². The van der Waals surface area contributed by atoms with Crippen LogP contribution >= 0.6 is 0 Å². The van der Waals surface area contributed by atoms with Crippen molar-refractivity contribution in [1.82, 2.24) is 10.6 Å². The molecule has 0 aliphatic rings. The van der Waals surface area contributed by atoms with E-state index >= 15 is 0 Å². The van der Waals surface area contributed by atoms with Gasteiger partial charge in [0.15, 0.2) is 5.96 Å². The molecule has 4 nitrogen and oxygen atoms in total. The fraction of sp³-hybridized carbons (Fsp3) is 0.278. The Morgan fingerprint density at radius 3 is 2.36 bits per heavy atom. The molecule has 2 aromatic rings. The highest BCUT2D eigenvalue weighted by atomic mass is 16.5. The molecule has 0 aliphatic carbocycles. The smallest absolute Gasteiger partial charge is 0.190 e. The van der Waals surface area contributed by atoms with E-state index in [2.05, 4.69) is 52.0 Å². The summed E-state index contributed by atoms with van der Waals surface area (Å²) < 4.78 is 5.77. The highest BCUT2D eigenvalue weighted by Gasteiger charge is 1.99. The molecule has 0 fully saturated rings. The van der Waals surface area contributed by atoms with Gasteiger partial charge >= 0.3 is 0 Å². The third kappa shape index (κ3) is 5.22. The lowest BCUT2D eigenvalue weighted by atomic mass is 10.1. The highest BCUT2D eigenvalue weighted by molar-refractivity contribution is 5.79. The van der Waals surface area contributed by atoms with Crippen LogP contribution in [0.15, 0.2) is 59.6 Å². The van der Waals surface area contributed by atoms with Crippen LogP contribution in [-0.2, 0) is 24.5 Å². The third-order valence-electron chi connectivity index (χ3n) is 3.29. The third-order valence-corrected chi connectivity index (χ3v) is 3.29. The average molecular weight is 297 g/mol. The molecule has 0 saturated heterocycles. The topological polar surface area (TPSA) is 45.7 Å². The van der Waals surface area contributed by atoms with Crippen molar-refractivity contribution >= 4 is 5.96 Å². The number of rotatable bonds is 6. The van der Waals surface area contributed by atoms with Crippen molar-refractivity contribution in [3.05, 3.63) is 71.3 Å². The molecule has 116 valence electrons. The van der Waals surface area contributed by atoms with Crippen LogP contribution in [-0.4, -0.2) is 20.1 Å². The van der Waals surface area contributed by atoms with Gasteiger partial charge in [0.05, 0.1) is 13.2 Å². The molecule has 2 N–H and O–H groups in total. The molecule has 2 aromatic carbocycles. The molecule has 0 radical (unpaired) electrons. The summed E-state index contributed by atoms with van der Waals surface area (Å²) in [4.78, 5) is 4.10. The van der Waals surface area contributed by atoms with Gasteiger partial charge in [-0.05, 0) is 16.7 Å². The van der Waals surface area contributed by atoms with Crippen LogP contribution in [0.3, 0.4) is 0 Å². The summed E-state index contributed by atoms with van der Waals surface area (Å²) in [6.07, 6.45) is 0. The van der Waals surface area contributed by atoms with E-state index in [0.29, 0.717) is 13.2 Å². The minimum Gasteiger partial charge on any atom is -0.372 e. The number of benzene rings is 2. The first-order chi connectivity index (χ1) is 10.8. The minimum absolute atomic E-state index is 0.615. The number of guanidine groups is 1. The molecule has 0 atom stereocenters. The maximum absolute atomic E-state index is 5.77. The molecule has 0 unspecified atom stereocenters. The number of hydrogen-bond donors (Lipinski definition) is 2. The standard InChI is InChI=1S/C18H23N3O/c1-19-18(20-2)21-12-16-9-6-10-17(11-16)14-22-13-15-7-4-3-5-8-15/h3-11H,12-14H2,1-2H3,(H2,19,20,21). The zero-order valence-electron chi connectivity index (χ0n) is 13.2. The van der Waals surface area contributed by atoms with Crippen molar-refractivity contribution in [1.29, 1.82) is 0 Å². The predicted octanol–water partition coefficient (Wildman–Crippen LogP) is 2.70. The van der Waals surface area contributed by atoms with Crippen LogP contribution in [0.5, 0.6) is 0 Å². The van der Waals surface area contributed by atoms with Crippen molar-refractivity contribution < 1.29 is 4.74 Å². The Morgan fingerprint density at radius 2 is 1.64 bits per heavy atom. The second kappa shape index (κ2) is 8.85. The molecule has 0 aromatic heterocycles. The van der Waals surface area contributed by atoms with Crippen molar-refractivity contribution in [2.45, 2.75) is 19.8 Å². The Balaban J connectivity index is 1.83. The van der Waals surface area contributed by atoms with Crippen molar-refractivity contribution in [2.24, 2.45) is 4.99 Å². The molecule has 0 bridgehead atoms. The first kappa shape index (κ1) is 16.0. The van der Waals surface area contributed by atoms with Crippen molar-refractivity contribution in [3.8, 4) is 0 Å². The van der Waals surface area contributed by atoms with Crippen LogP contribution in [0.1, 0.15) is 16.7 Å². The minimum atomic E-state index is 0.615. The van der Waals surface area contributed by atoms with Crippen LogP contribution in [0, 0.1) is 0 Å². The van der Waals surface area contributed by atoms with Gasteiger partial charge in [-0.25, -0.2) is 0 Å². The normalized spacial score (nSPS) is 11.3. The van der Waals surface area contributed by atoms with Crippen LogP contribution in [0.25, 0.3) is 0 Å². The number of hydrogen-bond acceptors (Lipinski definition) is 2. The number of nitrogens with one attached hydrogen (secondary N) is 2. The molecule has 2 rings (SSSR count). The molecule has 0 spiro atoms. The summed E-state index contributed by atoms with van der Waals surface area (Å²) in [5, 5.41) is 6.25. The molecule has 4 heteroatoms. The monoisotopic (exact) mass is 297 g/mol. The fourth-order valence-electron chi connectivity index (χ4n) is 2.16. The van der Waals surface area contributed by atoms with Crippen LogP contribution in [0.4, 0.5) is 0 Å². The second-order valence-electron chi connectivity index (χ2n) is 4.97. The molecule has 0 saturated carbocycles. The maximum atomic E-state index is 5.77. The predicted molar refractivity (Wildman–Crippen MR) is 90.6 cm³/mol. The van der Waals surface area contributed by atoms with E-state index < -0.39 is 0 Å². The van der Waals surface area contributed by atoms with Crippen LogP contribution in [0.2, 0.25) is 0 Å². The largest absolute Gasteiger partial charge is 0.372 e. The number of nitrogens with zero attached hydrogens (tertiary/aromatic N) is 1. The summed E-state index contributed by atoms with van der Waals surface area (Å²) in [5.41, 5.74) is 3.57. The second-order valence-corrected chi connectivity index (χ2v) is 4.97. The lowest BCUT2D eigenvalue weighted by Crippen LogP contribution is -2.34. The fourth-order valence-corrected chi connectivity index (χ4v) is 2.16. The van der Waals surface area contributed by atoms with Gasteiger partial charge in [0.25, 0.3) is 0 Å². The molecular formula is C18H23N3O. The summed E-state index contributed by atoms with van der Waals surface area (Å²) in [5.74, 6) is 0.783. The van der Waals surface area contributed by atoms with E-state index in [-0.39, 0.29) is 0 Å². The maximum Gasteiger partial charge on any atom is 0.190 e. The first-order valence-electron chi connectivity index (χ1n) is 7.39. The Bertz CT molecular complexity index is 596. The molecule has 0 amide bonds. The summed E-state index contributed by atoms with van der Waals surface area (Å²) in [6, 6.07) is 18.6. The Morgan fingerprint density at radius 1 is 0.955 bits per heavy atom. The Labute approximate surface area is 132 Å². The number of ether oxygens (including phenoxy) is 1. The first-order valence-corrected chi connectivity index (χ1v) is 7.39. The summed E-state index contributed by atoms with van der Waals surface area (Å²) >= 11 is 0. The highest BCUT2D eigenvalue weighted by Crippen LogP contribution is 2.08. The average Bonchev–Trinajstić information content (AvgIpc) is 2.57. The quantitative estimate of drug-likeness (QED) is 0.636. The van der Waals surface area contributed by atoms with Gasteiger partial charge in [-0.2, -0.15) is 0 Å². The van der Waals surface area contributed by atoms with Crippen LogP contribution < -0.4 is 10.6 Å². The molecule has 0 aliphatic heterocycles. The SMILES string of the molecule is CN=C(NC)NCc1cccc(COCc2ccccc2)c1. The van der Waals surface area contributed by atoms with Gasteiger partial charge in [-0.1, -0.05) is 54.6 Å². The van der Waals surface area contributed by atoms with Crippen molar-refractivity contribution in [2.75, 3.05) is 14.1 Å². The lowest BCUT2D eigenvalue weighted by Gasteiger charge is -2.10. The van der Waals surface area contributed by atoms with E-state index in [1.54, 1.807) is 7.05 Å². The van der Waals surface area contributed by atoms with E-state index in [0.717, 1.165) is 12.5 Å². The van der Waals surface area contributed by atoms with Gasteiger partial charge < -0.3 is 15.4 Å². The Kier molecular flexibility index (Phi) is 6.45. The molecule has 0 heterocycles. The molecular weight excluding hydrogens is 274 g/mol. The summed E-state index contributed by atoms with van der Waals surface area (Å²) in [7, 11) is 3.61. The zero-order valence-corrected chi connectivity index (χ0v) is 13.2. The van der Waals surface area contributed by atoms with Gasteiger partial charge in [0.1, 0.15) is 0 Å². The molecule has 22 heavy (non-hydrogen) atoms. The summed E-state index contributed by atoms with van der Waals surface area (Å²) in [6.45, 7) is 1.99. The van der Waals surface area contributed by atoms with Gasteiger partial charge in [0, 0.05) is 20.6 Å². The van der Waals surface area contributed by atoms with Gasteiger partial charge in [-0.3, -0.25) is 4.99 Å². The lowest BCUT2D eigenvalue weighted by molar-refractivity contribution is 0.107. The Hall–Kier alpha value is -2.33. The van der Waals surface area contributed by atoms with Gasteiger partial charge in [-0.15, -0.1) is 0 Å². The van der Waals surface area contributed by atoms with E-state index in [9.17, 15) is 0 Å².